The highest BCUT2D eigenvalue weighted by Gasteiger charge is 2.38. The maximum absolute atomic E-state index is 13.7. The quantitative estimate of drug-likeness (QED) is 0.606. The second kappa shape index (κ2) is 9.37. The Morgan fingerprint density at radius 1 is 1.18 bits per heavy atom. The van der Waals surface area contributed by atoms with E-state index in [2.05, 4.69) is 25.5 Å². The number of aryl methyl sites for hydroxylation is 1. The molecule has 1 amide bonds. The molecule has 34 heavy (non-hydrogen) atoms. The molecule has 4 heterocycles. The number of amides is 1. The van der Waals surface area contributed by atoms with E-state index in [4.69, 9.17) is 4.74 Å². The molecule has 0 aromatic carbocycles. The summed E-state index contributed by atoms with van der Waals surface area (Å²) in [6, 6.07) is 5.31. The molecule has 1 aliphatic heterocycles. The first-order valence-corrected chi connectivity index (χ1v) is 10.7. The fourth-order valence-corrected chi connectivity index (χ4v) is 3.90. The van der Waals surface area contributed by atoms with E-state index in [0.717, 1.165) is 12.3 Å². The molecule has 4 rings (SSSR count). The van der Waals surface area contributed by atoms with Gasteiger partial charge in [-0.2, -0.15) is 23.4 Å². The number of hydrogen-bond acceptors (Lipinski definition) is 7. The number of nitrogens with one attached hydrogen (secondary N) is 1. The topological polar surface area (TPSA) is 98.1 Å². The van der Waals surface area contributed by atoms with Crippen LogP contribution >= 0.6 is 0 Å². The standard InChI is InChI=1S/C22H24F3N7O2/c1-13-4-6-17(32-28-8-9-29-32)20(30-13)21(33)31-12-14(2)34-15(3)18(31)11-27-19-7-5-16(10-26-19)22(23,24)25/h4-10,14-15,18H,11-12H2,1-3H3,(H,26,27)/t14-,15+,18-/m1/s1. The molecule has 1 aliphatic rings. The summed E-state index contributed by atoms with van der Waals surface area (Å²) in [5.41, 5.74) is 0.485. The zero-order valence-electron chi connectivity index (χ0n) is 18.8. The number of aromatic nitrogens is 5. The van der Waals surface area contributed by atoms with Gasteiger partial charge in [-0.05, 0) is 45.0 Å². The van der Waals surface area contributed by atoms with Crippen molar-refractivity contribution in [3.05, 3.63) is 59.8 Å². The van der Waals surface area contributed by atoms with E-state index >= 15 is 0 Å². The number of carbonyl (C=O) groups is 1. The predicted octanol–water partition coefficient (Wildman–Crippen LogP) is 3.11. The van der Waals surface area contributed by atoms with Crippen molar-refractivity contribution >= 4 is 11.7 Å². The summed E-state index contributed by atoms with van der Waals surface area (Å²) >= 11 is 0. The lowest BCUT2D eigenvalue weighted by atomic mass is 10.0. The lowest BCUT2D eigenvalue weighted by Crippen LogP contribution is -2.58. The predicted molar refractivity (Wildman–Crippen MR) is 116 cm³/mol. The zero-order valence-corrected chi connectivity index (χ0v) is 18.8. The van der Waals surface area contributed by atoms with Crippen molar-refractivity contribution in [3.8, 4) is 5.69 Å². The van der Waals surface area contributed by atoms with E-state index in [1.807, 2.05) is 13.8 Å². The van der Waals surface area contributed by atoms with Crippen LogP contribution in [0.15, 0.2) is 42.9 Å². The van der Waals surface area contributed by atoms with Gasteiger partial charge < -0.3 is 15.0 Å². The molecule has 1 saturated heterocycles. The van der Waals surface area contributed by atoms with Crippen molar-refractivity contribution in [2.24, 2.45) is 0 Å². The van der Waals surface area contributed by atoms with E-state index in [-0.39, 0.29) is 36.2 Å². The first-order valence-electron chi connectivity index (χ1n) is 10.7. The Morgan fingerprint density at radius 2 is 1.91 bits per heavy atom. The maximum Gasteiger partial charge on any atom is 0.417 e. The Bertz CT molecular complexity index is 1140. The number of carbonyl (C=O) groups excluding carboxylic acids is 1. The summed E-state index contributed by atoms with van der Waals surface area (Å²) in [5, 5.41) is 11.3. The van der Waals surface area contributed by atoms with Crippen molar-refractivity contribution in [2.75, 3.05) is 18.4 Å². The molecule has 1 fully saturated rings. The van der Waals surface area contributed by atoms with Crippen LogP contribution in [0.1, 0.15) is 35.6 Å². The minimum Gasteiger partial charge on any atom is -0.372 e. The molecule has 0 aliphatic carbocycles. The number of alkyl halides is 3. The van der Waals surface area contributed by atoms with Gasteiger partial charge in [0.1, 0.15) is 11.5 Å². The highest BCUT2D eigenvalue weighted by atomic mass is 19.4. The van der Waals surface area contributed by atoms with E-state index in [9.17, 15) is 18.0 Å². The Morgan fingerprint density at radius 3 is 2.56 bits per heavy atom. The number of rotatable bonds is 5. The molecule has 0 spiro atoms. The average Bonchev–Trinajstić information content (AvgIpc) is 3.32. The molecule has 3 aromatic heterocycles. The van der Waals surface area contributed by atoms with Crippen LogP contribution in [0.4, 0.5) is 19.0 Å². The summed E-state index contributed by atoms with van der Waals surface area (Å²) in [4.78, 5) is 25.0. The first-order chi connectivity index (χ1) is 16.1. The normalized spacial score (nSPS) is 20.9. The zero-order chi connectivity index (χ0) is 24.5. The van der Waals surface area contributed by atoms with Gasteiger partial charge in [0.05, 0.1) is 36.2 Å². The van der Waals surface area contributed by atoms with Crippen LogP contribution in [0.25, 0.3) is 5.69 Å². The molecule has 0 unspecified atom stereocenters. The van der Waals surface area contributed by atoms with Gasteiger partial charge in [-0.3, -0.25) is 4.79 Å². The number of halogens is 3. The van der Waals surface area contributed by atoms with Crippen LogP contribution in [0.2, 0.25) is 0 Å². The van der Waals surface area contributed by atoms with Crippen molar-refractivity contribution in [1.29, 1.82) is 0 Å². The van der Waals surface area contributed by atoms with Gasteiger partial charge in [0, 0.05) is 25.0 Å². The SMILES string of the molecule is Cc1ccc(-n2nccn2)c(C(=O)N2C[C@@H](C)O[C@@H](C)[C@H]2CNc2ccc(C(F)(F)F)cn2)n1. The van der Waals surface area contributed by atoms with Gasteiger partial charge >= 0.3 is 6.18 Å². The second-order valence-electron chi connectivity index (χ2n) is 8.13. The van der Waals surface area contributed by atoms with Crippen molar-refractivity contribution in [1.82, 2.24) is 29.9 Å². The number of morpholine rings is 1. The van der Waals surface area contributed by atoms with Crippen molar-refractivity contribution in [3.63, 3.8) is 0 Å². The lowest BCUT2D eigenvalue weighted by Gasteiger charge is -2.42. The second-order valence-corrected chi connectivity index (χ2v) is 8.13. The van der Waals surface area contributed by atoms with Crippen molar-refractivity contribution in [2.45, 2.75) is 45.2 Å². The molecule has 9 nitrogen and oxygen atoms in total. The van der Waals surface area contributed by atoms with Gasteiger partial charge in [0.2, 0.25) is 0 Å². The third kappa shape index (κ3) is 5.01. The Labute approximate surface area is 194 Å². The lowest BCUT2D eigenvalue weighted by molar-refractivity contribution is -0.137. The minimum atomic E-state index is -4.46. The van der Waals surface area contributed by atoms with E-state index in [1.165, 1.54) is 23.3 Å². The molecular formula is C22H24F3N7O2. The molecule has 180 valence electrons. The van der Waals surface area contributed by atoms with E-state index in [0.29, 0.717) is 17.9 Å². The highest BCUT2D eigenvalue weighted by molar-refractivity contribution is 5.96. The molecular weight excluding hydrogens is 451 g/mol. The minimum absolute atomic E-state index is 0.204. The molecule has 0 bridgehead atoms. The summed E-state index contributed by atoms with van der Waals surface area (Å²) in [5.74, 6) is -0.0495. The van der Waals surface area contributed by atoms with Gasteiger partial charge in [0.25, 0.3) is 5.91 Å². The summed E-state index contributed by atoms with van der Waals surface area (Å²) in [6.45, 7) is 6.05. The van der Waals surface area contributed by atoms with Gasteiger partial charge in [-0.25, -0.2) is 9.97 Å². The third-order valence-electron chi connectivity index (χ3n) is 5.54. The van der Waals surface area contributed by atoms with Crippen molar-refractivity contribution < 1.29 is 22.7 Å². The molecule has 0 radical (unpaired) electrons. The van der Waals surface area contributed by atoms with Crippen LogP contribution in [0.3, 0.4) is 0 Å². The summed E-state index contributed by atoms with van der Waals surface area (Å²) < 4.78 is 44.4. The first kappa shape index (κ1) is 23.6. The summed E-state index contributed by atoms with van der Waals surface area (Å²) in [7, 11) is 0. The molecule has 0 saturated carbocycles. The molecule has 1 N–H and O–H groups in total. The van der Waals surface area contributed by atoms with E-state index < -0.39 is 17.8 Å². The monoisotopic (exact) mass is 475 g/mol. The number of nitrogens with zero attached hydrogens (tertiary/aromatic N) is 6. The smallest absolute Gasteiger partial charge is 0.372 e. The fraction of sp³-hybridized carbons (Fsp3) is 0.409. The average molecular weight is 475 g/mol. The molecule has 3 atom stereocenters. The van der Waals surface area contributed by atoms with E-state index in [1.54, 1.807) is 24.0 Å². The maximum atomic E-state index is 13.7. The summed E-state index contributed by atoms with van der Waals surface area (Å²) in [6.07, 6.45) is -1.22. The van der Waals surface area contributed by atoms with Crippen LogP contribution in [0, 0.1) is 6.92 Å². The third-order valence-corrected chi connectivity index (χ3v) is 5.54. The Hall–Kier alpha value is -3.54. The largest absolute Gasteiger partial charge is 0.417 e. The highest BCUT2D eigenvalue weighted by Crippen LogP contribution is 2.29. The Balaban J connectivity index is 1.58. The van der Waals surface area contributed by atoms with Crippen LogP contribution < -0.4 is 5.32 Å². The van der Waals surface area contributed by atoms with Gasteiger partial charge in [-0.15, -0.1) is 4.80 Å². The number of hydrogen-bond donors (Lipinski definition) is 1. The van der Waals surface area contributed by atoms with Crippen LogP contribution in [0.5, 0.6) is 0 Å². The van der Waals surface area contributed by atoms with Crippen LogP contribution in [-0.2, 0) is 10.9 Å². The fourth-order valence-electron chi connectivity index (χ4n) is 3.90. The molecule has 3 aromatic rings. The number of ether oxygens (including phenoxy) is 1. The van der Waals surface area contributed by atoms with Gasteiger partial charge in [-0.1, -0.05) is 0 Å². The number of pyridine rings is 2. The number of anilines is 1. The molecule has 12 heteroatoms. The van der Waals surface area contributed by atoms with Gasteiger partial charge in [0.15, 0.2) is 5.69 Å². The van der Waals surface area contributed by atoms with Crippen LogP contribution in [-0.4, -0.2) is 67.1 Å². The Kier molecular flexibility index (Phi) is 6.51.